The van der Waals surface area contributed by atoms with Crippen LogP contribution in [0.1, 0.15) is 45.1 Å². The fraction of sp³-hybridized carbons (Fsp3) is 0.471. The fourth-order valence-electron chi connectivity index (χ4n) is 2.65. The molecule has 0 saturated heterocycles. The van der Waals surface area contributed by atoms with Crippen LogP contribution in [-0.2, 0) is 9.53 Å². The van der Waals surface area contributed by atoms with Crippen molar-refractivity contribution in [3.63, 3.8) is 0 Å². The van der Waals surface area contributed by atoms with Gasteiger partial charge < -0.3 is 9.47 Å². The molecule has 1 heterocycles. The summed E-state index contributed by atoms with van der Waals surface area (Å²) < 4.78 is 10.9. The lowest BCUT2D eigenvalue weighted by Gasteiger charge is -2.16. The molecule has 0 saturated carbocycles. The van der Waals surface area contributed by atoms with Gasteiger partial charge in [0.1, 0.15) is 11.9 Å². The van der Waals surface area contributed by atoms with Gasteiger partial charge in [-0.2, -0.15) is 0 Å². The Hall–Kier alpha value is -1.77. The second kappa shape index (κ2) is 6.60. The molecule has 0 unspecified atom stereocenters. The third-order valence-electron chi connectivity index (χ3n) is 3.75. The number of esters is 1. The van der Waals surface area contributed by atoms with Crippen molar-refractivity contribution in [2.24, 2.45) is 0 Å². The Morgan fingerprint density at radius 2 is 2.00 bits per heavy atom. The van der Waals surface area contributed by atoms with Crippen LogP contribution < -0.4 is 4.74 Å². The van der Waals surface area contributed by atoms with E-state index in [1.165, 1.54) is 0 Å². The molecule has 0 aromatic heterocycles. The van der Waals surface area contributed by atoms with Crippen LogP contribution in [0, 0.1) is 0 Å². The van der Waals surface area contributed by atoms with Crippen LogP contribution >= 0.6 is 0 Å². The molecule has 0 fully saturated rings. The normalized spacial score (nSPS) is 18.4. The minimum absolute atomic E-state index is 0.134. The molecule has 0 amide bonds. The lowest BCUT2D eigenvalue weighted by atomic mass is 9.94. The first-order valence-corrected chi connectivity index (χ1v) is 7.24. The number of rotatable bonds is 6. The van der Waals surface area contributed by atoms with Gasteiger partial charge in [0, 0.05) is 16.7 Å². The van der Waals surface area contributed by atoms with Crippen LogP contribution in [0.5, 0.6) is 5.75 Å². The van der Waals surface area contributed by atoms with E-state index in [1.807, 2.05) is 31.2 Å². The first-order chi connectivity index (χ1) is 9.69. The summed E-state index contributed by atoms with van der Waals surface area (Å²) in [5, 5.41) is 0. The van der Waals surface area contributed by atoms with E-state index in [9.17, 15) is 4.79 Å². The highest BCUT2D eigenvalue weighted by atomic mass is 16.5. The van der Waals surface area contributed by atoms with Crippen molar-refractivity contribution < 1.29 is 14.3 Å². The highest BCUT2D eigenvalue weighted by Crippen LogP contribution is 2.38. The smallest absolute Gasteiger partial charge is 0.334 e. The van der Waals surface area contributed by atoms with E-state index >= 15 is 0 Å². The number of benzene rings is 1. The Balaban J connectivity index is 2.31. The second-order valence-electron chi connectivity index (χ2n) is 5.13. The number of cyclic esters (lactones) is 1. The molecule has 1 aliphatic rings. The predicted octanol–water partition coefficient (Wildman–Crippen LogP) is 3.97. The molecule has 1 aliphatic heterocycles. The van der Waals surface area contributed by atoms with E-state index in [0.29, 0.717) is 5.57 Å². The topological polar surface area (TPSA) is 35.5 Å². The van der Waals surface area contributed by atoms with Gasteiger partial charge in [0.2, 0.25) is 0 Å². The highest BCUT2D eigenvalue weighted by Gasteiger charge is 2.33. The molecular formula is C17H22O3. The Morgan fingerprint density at radius 1 is 1.25 bits per heavy atom. The maximum absolute atomic E-state index is 11.9. The summed E-state index contributed by atoms with van der Waals surface area (Å²) in [5.41, 5.74) is 2.67. The van der Waals surface area contributed by atoms with Crippen molar-refractivity contribution in [2.45, 2.75) is 45.6 Å². The van der Waals surface area contributed by atoms with E-state index in [2.05, 4.69) is 6.92 Å². The minimum atomic E-state index is -0.201. The van der Waals surface area contributed by atoms with Gasteiger partial charge in [-0.3, -0.25) is 0 Å². The van der Waals surface area contributed by atoms with Crippen LogP contribution in [0.25, 0.3) is 5.57 Å². The third kappa shape index (κ3) is 2.87. The third-order valence-corrected chi connectivity index (χ3v) is 3.75. The van der Waals surface area contributed by atoms with Gasteiger partial charge in [-0.05, 0) is 25.8 Å². The standard InChI is InChI=1S/C17H22O3/c1-4-5-6-11-15-16(12(2)17(18)20-15)13-9-7-8-10-14(13)19-3/h7-10,15H,4-6,11H2,1-3H3/t15-/m1/s1. The van der Waals surface area contributed by atoms with E-state index in [0.717, 1.165) is 42.6 Å². The number of unbranched alkanes of at least 4 members (excludes halogenated alkanes) is 2. The van der Waals surface area contributed by atoms with Crippen LogP contribution in [-0.4, -0.2) is 19.2 Å². The summed E-state index contributed by atoms with van der Waals surface area (Å²) in [6.07, 6.45) is 4.13. The summed E-state index contributed by atoms with van der Waals surface area (Å²) in [4.78, 5) is 11.9. The number of methoxy groups -OCH3 is 1. The number of hydrogen-bond acceptors (Lipinski definition) is 3. The van der Waals surface area contributed by atoms with Gasteiger partial charge in [-0.25, -0.2) is 4.79 Å². The largest absolute Gasteiger partial charge is 0.496 e. The zero-order valence-electron chi connectivity index (χ0n) is 12.4. The molecule has 0 aliphatic carbocycles. The van der Waals surface area contributed by atoms with Crippen LogP contribution in [0.2, 0.25) is 0 Å². The fourth-order valence-corrected chi connectivity index (χ4v) is 2.65. The van der Waals surface area contributed by atoms with Crippen molar-refractivity contribution in [3.05, 3.63) is 35.4 Å². The minimum Gasteiger partial charge on any atom is -0.496 e. The molecule has 3 nitrogen and oxygen atoms in total. The van der Waals surface area contributed by atoms with Crippen LogP contribution in [0.4, 0.5) is 0 Å². The van der Waals surface area contributed by atoms with Crippen molar-refractivity contribution in [3.8, 4) is 5.75 Å². The molecule has 0 N–H and O–H groups in total. The Kier molecular flexibility index (Phi) is 4.83. The molecule has 1 aromatic carbocycles. The molecule has 1 aromatic rings. The summed E-state index contributed by atoms with van der Waals surface area (Å²) >= 11 is 0. The van der Waals surface area contributed by atoms with E-state index in [4.69, 9.17) is 9.47 Å². The van der Waals surface area contributed by atoms with Crippen molar-refractivity contribution in [2.75, 3.05) is 7.11 Å². The molecular weight excluding hydrogens is 252 g/mol. The highest BCUT2D eigenvalue weighted by molar-refractivity contribution is 6.03. The number of carbonyl (C=O) groups excluding carboxylic acids is 1. The van der Waals surface area contributed by atoms with Crippen molar-refractivity contribution >= 4 is 11.5 Å². The summed E-state index contributed by atoms with van der Waals surface area (Å²) in [6.45, 7) is 4.01. The van der Waals surface area contributed by atoms with Gasteiger partial charge in [0.05, 0.1) is 7.11 Å². The van der Waals surface area contributed by atoms with Crippen molar-refractivity contribution in [1.29, 1.82) is 0 Å². The first-order valence-electron chi connectivity index (χ1n) is 7.24. The SMILES string of the molecule is CCCCC[C@H]1OC(=O)C(C)=C1c1ccccc1OC. The van der Waals surface area contributed by atoms with Gasteiger partial charge in [0.25, 0.3) is 0 Å². The van der Waals surface area contributed by atoms with E-state index in [-0.39, 0.29) is 12.1 Å². The Morgan fingerprint density at radius 3 is 2.70 bits per heavy atom. The van der Waals surface area contributed by atoms with E-state index < -0.39 is 0 Å². The number of ether oxygens (including phenoxy) is 2. The zero-order chi connectivity index (χ0) is 14.5. The maximum Gasteiger partial charge on any atom is 0.334 e. The van der Waals surface area contributed by atoms with Crippen molar-refractivity contribution in [1.82, 2.24) is 0 Å². The van der Waals surface area contributed by atoms with Gasteiger partial charge in [0.15, 0.2) is 0 Å². The lowest BCUT2D eigenvalue weighted by molar-refractivity contribution is -0.139. The Bertz CT molecular complexity index is 517. The lowest BCUT2D eigenvalue weighted by Crippen LogP contribution is -2.11. The molecule has 3 heteroatoms. The Labute approximate surface area is 120 Å². The van der Waals surface area contributed by atoms with Gasteiger partial charge in [-0.15, -0.1) is 0 Å². The first kappa shape index (κ1) is 14.6. The monoisotopic (exact) mass is 274 g/mol. The maximum atomic E-state index is 11.9. The predicted molar refractivity (Wildman–Crippen MR) is 79.6 cm³/mol. The molecule has 2 rings (SSSR count). The zero-order valence-corrected chi connectivity index (χ0v) is 12.4. The van der Waals surface area contributed by atoms with Crippen LogP contribution in [0.15, 0.2) is 29.8 Å². The molecule has 1 atom stereocenters. The molecule has 0 radical (unpaired) electrons. The summed E-state index contributed by atoms with van der Waals surface area (Å²) in [6, 6.07) is 7.81. The second-order valence-corrected chi connectivity index (χ2v) is 5.13. The van der Waals surface area contributed by atoms with Crippen LogP contribution in [0.3, 0.4) is 0 Å². The number of para-hydroxylation sites is 1. The molecule has 20 heavy (non-hydrogen) atoms. The average molecular weight is 274 g/mol. The number of carbonyl (C=O) groups is 1. The quantitative estimate of drug-likeness (QED) is 0.581. The average Bonchev–Trinajstić information content (AvgIpc) is 2.74. The molecule has 0 bridgehead atoms. The van der Waals surface area contributed by atoms with Gasteiger partial charge in [-0.1, -0.05) is 38.0 Å². The molecule has 0 spiro atoms. The summed E-state index contributed by atoms with van der Waals surface area (Å²) in [5.74, 6) is 0.591. The molecule has 108 valence electrons. The van der Waals surface area contributed by atoms with Gasteiger partial charge >= 0.3 is 5.97 Å². The summed E-state index contributed by atoms with van der Waals surface area (Å²) in [7, 11) is 1.65. The number of hydrogen-bond donors (Lipinski definition) is 0. The van der Waals surface area contributed by atoms with E-state index in [1.54, 1.807) is 7.11 Å².